The molecule has 1 aromatic rings. The number of carbonyl (C=O) groups excluding carboxylic acids is 1. The molecule has 0 spiro atoms. The van der Waals surface area contributed by atoms with Crippen molar-refractivity contribution in [3.8, 4) is 0 Å². The van der Waals surface area contributed by atoms with Gasteiger partial charge in [0.1, 0.15) is 5.56 Å². The summed E-state index contributed by atoms with van der Waals surface area (Å²) >= 11 is 0. The van der Waals surface area contributed by atoms with Gasteiger partial charge in [-0.15, -0.1) is 12.4 Å². The molecule has 120 valence electrons. The van der Waals surface area contributed by atoms with Gasteiger partial charge in [-0.05, 0) is 19.8 Å². The fourth-order valence-electron chi connectivity index (χ4n) is 2.30. The first-order valence-corrected chi connectivity index (χ1v) is 7.88. The van der Waals surface area contributed by atoms with Gasteiger partial charge in [0.2, 0.25) is 0 Å². The zero-order valence-corrected chi connectivity index (χ0v) is 13.2. The number of hydrogen-bond acceptors (Lipinski definition) is 6. The molecule has 8 nitrogen and oxygen atoms in total. The highest BCUT2D eigenvalue weighted by Crippen LogP contribution is 2.26. The van der Waals surface area contributed by atoms with Crippen molar-refractivity contribution in [3.63, 3.8) is 0 Å². The van der Waals surface area contributed by atoms with E-state index in [2.05, 4.69) is 10.2 Å². The molecule has 0 bridgehead atoms. The molecule has 1 fully saturated rings. The normalized spacial score (nSPS) is 19.2. The summed E-state index contributed by atoms with van der Waals surface area (Å²) in [5.74, 6) is -0.705. The number of rotatable bonds is 5. The number of nitrogens with two attached hydrogens (primary N) is 1. The molecule has 1 unspecified atom stereocenters. The van der Waals surface area contributed by atoms with E-state index >= 15 is 0 Å². The summed E-state index contributed by atoms with van der Waals surface area (Å²) < 4.78 is 31.3. The highest BCUT2D eigenvalue weighted by molar-refractivity contribution is 7.89. The summed E-state index contributed by atoms with van der Waals surface area (Å²) in [5, 5.41) is 5.81. The molecule has 0 aromatic carbocycles. The van der Waals surface area contributed by atoms with Crippen molar-refractivity contribution >= 4 is 28.4 Å². The van der Waals surface area contributed by atoms with Crippen LogP contribution < -0.4 is 5.73 Å². The van der Waals surface area contributed by atoms with Crippen molar-refractivity contribution in [1.29, 1.82) is 0 Å². The molecule has 21 heavy (non-hydrogen) atoms. The van der Waals surface area contributed by atoms with Crippen LogP contribution in [0, 0.1) is 0 Å². The van der Waals surface area contributed by atoms with Gasteiger partial charge >= 0.3 is 5.97 Å². The fraction of sp³-hybridized carbons (Fsp3) is 0.636. The van der Waals surface area contributed by atoms with Crippen LogP contribution in [0.2, 0.25) is 0 Å². The molecule has 3 N–H and O–H groups in total. The van der Waals surface area contributed by atoms with E-state index in [1.165, 1.54) is 10.5 Å². The van der Waals surface area contributed by atoms with E-state index in [0.29, 0.717) is 6.54 Å². The van der Waals surface area contributed by atoms with Crippen molar-refractivity contribution in [1.82, 2.24) is 14.5 Å². The molecule has 2 rings (SSSR count). The molecule has 0 aliphatic carbocycles. The Bertz CT molecular complexity index is 589. The lowest BCUT2D eigenvalue weighted by Crippen LogP contribution is -2.40. The van der Waals surface area contributed by atoms with E-state index in [0.717, 1.165) is 12.8 Å². The van der Waals surface area contributed by atoms with Crippen molar-refractivity contribution in [2.24, 2.45) is 5.73 Å². The smallest absolute Gasteiger partial charge is 0.342 e. The van der Waals surface area contributed by atoms with Crippen LogP contribution in [-0.2, 0) is 14.8 Å². The Labute approximate surface area is 129 Å². The number of esters is 1. The largest absolute Gasteiger partial charge is 0.462 e. The number of H-pyrrole nitrogens is 1. The summed E-state index contributed by atoms with van der Waals surface area (Å²) in [5.41, 5.74) is 5.52. The quantitative estimate of drug-likeness (QED) is 0.736. The first kappa shape index (κ1) is 17.9. The van der Waals surface area contributed by atoms with Crippen LogP contribution in [0.25, 0.3) is 0 Å². The number of nitrogens with one attached hydrogen (secondary N) is 1. The van der Waals surface area contributed by atoms with Gasteiger partial charge in [0.15, 0.2) is 5.03 Å². The van der Waals surface area contributed by atoms with Crippen LogP contribution in [0.5, 0.6) is 0 Å². The van der Waals surface area contributed by atoms with Gasteiger partial charge in [0.25, 0.3) is 10.0 Å². The molecule has 1 aliphatic rings. The first-order valence-electron chi connectivity index (χ1n) is 6.44. The maximum atomic E-state index is 12.6. The zero-order chi connectivity index (χ0) is 14.8. The predicted molar refractivity (Wildman–Crippen MR) is 77.8 cm³/mol. The molecule has 1 aromatic heterocycles. The van der Waals surface area contributed by atoms with Crippen molar-refractivity contribution in [3.05, 3.63) is 11.8 Å². The van der Waals surface area contributed by atoms with Gasteiger partial charge in [-0.25, -0.2) is 13.2 Å². The summed E-state index contributed by atoms with van der Waals surface area (Å²) in [6.45, 7) is 2.46. The minimum Gasteiger partial charge on any atom is -0.462 e. The minimum atomic E-state index is -3.82. The van der Waals surface area contributed by atoms with Crippen LogP contribution in [0.3, 0.4) is 0 Å². The van der Waals surface area contributed by atoms with Crippen LogP contribution in [0.15, 0.2) is 11.2 Å². The van der Waals surface area contributed by atoms with Gasteiger partial charge < -0.3 is 10.5 Å². The van der Waals surface area contributed by atoms with Gasteiger partial charge in [-0.1, -0.05) is 0 Å². The Hall–Kier alpha value is -1.16. The lowest BCUT2D eigenvalue weighted by Gasteiger charge is -2.22. The lowest BCUT2D eigenvalue weighted by atomic mass is 10.2. The molecule has 0 amide bonds. The molecule has 0 saturated carbocycles. The van der Waals surface area contributed by atoms with Crippen LogP contribution in [-0.4, -0.2) is 54.6 Å². The fourth-order valence-corrected chi connectivity index (χ4v) is 4.07. The molecular weight excluding hydrogens is 320 g/mol. The second kappa shape index (κ2) is 7.21. The van der Waals surface area contributed by atoms with E-state index in [4.69, 9.17) is 10.5 Å². The Morgan fingerprint density at radius 3 is 2.95 bits per heavy atom. The van der Waals surface area contributed by atoms with Gasteiger partial charge in [-0.3, -0.25) is 5.10 Å². The van der Waals surface area contributed by atoms with E-state index < -0.39 is 16.0 Å². The van der Waals surface area contributed by atoms with E-state index in [-0.39, 0.29) is 42.2 Å². The maximum absolute atomic E-state index is 12.6. The third-order valence-corrected chi connectivity index (χ3v) is 5.19. The first-order chi connectivity index (χ1) is 9.52. The zero-order valence-electron chi connectivity index (χ0n) is 11.6. The van der Waals surface area contributed by atoms with Crippen molar-refractivity contribution in [2.75, 3.05) is 19.7 Å². The molecule has 1 atom stereocenters. The van der Waals surface area contributed by atoms with Crippen LogP contribution in [0.1, 0.15) is 30.1 Å². The number of ether oxygens (including phenoxy) is 1. The number of aromatic nitrogens is 2. The summed E-state index contributed by atoms with van der Waals surface area (Å²) in [6.07, 6.45) is 2.64. The summed E-state index contributed by atoms with van der Waals surface area (Å²) in [4.78, 5) is 11.7. The highest BCUT2D eigenvalue weighted by Gasteiger charge is 2.38. The minimum absolute atomic E-state index is 0. The van der Waals surface area contributed by atoms with Gasteiger partial charge in [-0.2, -0.15) is 9.40 Å². The average molecular weight is 339 g/mol. The molecule has 1 saturated heterocycles. The lowest BCUT2D eigenvalue weighted by molar-refractivity contribution is 0.0521. The number of carbonyl (C=O) groups is 1. The molecule has 0 radical (unpaired) electrons. The average Bonchev–Trinajstić information content (AvgIpc) is 3.08. The molecule has 10 heteroatoms. The van der Waals surface area contributed by atoms with Crippen LogP contribution >= 0.6 is 12.4 Å². The predicted octanol–water partition coefficient (Wildman–Crippen LogP) is 0.120. The maximum Gasteiger partial charge on any atom is 0.342 e. The van der Waals surface area contributed by atoms with E-state index in [1.807, 2.05) is 0 Å². The van der Waals surface area contributed by atoms with Gasteiger partial charge in [0, 0.05) is 19.1 Å². The Balaban J connectivity index is 0.00000220. The number of halogens is 1. The Morgan fingerprint density at radius 1 is 1.62 bits per heavy atom. The third-order valence-electron chi connectivity index (χ3n) is 3.26. The Kier molecular flexibility index (Phi) is 6.14. The highest BCUT2D eigenvalue weighted by atomic mass is 35.5. The molecule has 2 heterocycles. The standard InChI is InChI=1S/C11H18N4O4S.ClH/c1-2-19-11(16)9-7-13-14-10(9)20(17,18)15-5-3-4-8(15)6-12;/h7-8H,2-6,12H2,1H3,(H,13,14);1H. The monoisotopic (exact) mass is 338 g/mol. The SMILES string of the molecule is CCOC(=O)c1cn[nH]c1S(=O)(=O)N1CCCC1CN.Cl. The second-order valence-electron chi connectivity index (χ2n) is 4.48. The van der Waals surface area contributed by atoms with Gasteiger partial charge in [0.05, 0.1) is 12.8 Å². The van der Waals surface area contributed by atoms with Crippen molar-refractivity contribution in [2.45, 2.75) is 30.8 Å². The molecule has 1 aliphatic heterocycles. The summed E-state index contributed by atoms with van der Waals surface area (Å²) in [7, 11) is -3.82. The topological polar surface area (TPSA) is 118 Å². The number of aromatic amines is 1. The summed E-state index contributed by atoms with van der Waals surface area (Å²) in [6, 6.07) is -0.238. The number of nitrogens with zero attached hydrogens (tertiary/aromatic N) is 2. The second-order valence-corrected chi connectivity index (χ2v) is 6.31. The van der Waals surface area contributed by atoms with Crippen LogP contribution in [0.4, 0.5) is 0 Å². The van der Waals surface area contributed by atoms with Crippen molar-refractivity contribution < 1.29 is 17.9 Å². The number of hydrogen-bond donors (Lipinski definition) is 2. The third kappa shape index (κ3) is 3.37. The van der Waals surface area contributed by atoms with E-state index in [1.54, 1.807) is 6.92 Å². The number of sulfonamides is 1. The Morgan fingerprint density at radius 2 is 2.33 bits per heavy atom. The molecular formula is C11H19ClN4O4S. The van der Waals surface area contributed by atoms with E-state index in [9.17, 15) is 13.2 Å².